The number of likely N-dealkylation sites (tertiary alicyclic amines) is 1. The highest BCUT2D eigenvalue weighted by Crippen LogP contribution is 2.33. The van der Waals surface area contributed by atoms with Crippen LogP contribution in [-0.2, 0) is 44.1 Å². The minimum absolute atomic E-state index is 0.0225. The van der Waals surface area contributed by atoms with Crippen molar-refractivity contribution in [2.24, 2.45) is 23.7 Å². The summed E-state index contributed by atoms with van der Waals surface area (Å²) >= 11 is 0. The lowest BCUT2D eigenvalue weighted by molar-refractivity contribution is -0.149. The molecular weight excluding hydrogens is 745 g/mol. The van der Waals surface area contributed by atoms with Gasteiger partial charge in [-0.25, -0.2) is 13.1 Å². The fraction of sp³-hybridized carbons (Fsp3) is 0.636. The highest BCUT2D eigenvalue weighted by molar-refractivity contribution is 7.90. The van der Waals surface area contributed by atoms with E-state index in [-0.39, 0.29) is 47.2 Å². The van der Waals surface area contributed by atoms with Crippen molar-refractivity contribution in [1.29, 1.82) is 0 Å². The minimum atomic E-state index is -4.12. The van der Waals surface area contributed by atoms with Crippen molar-refractivity contribution >= 4 is 33.5 Å². The molecule has 1 aliphatic rings. The van der Waals surface area contributed by atoms with Gasteiger partial charge in [-0.1, -0.05) is 103 Å². The van der Waals surface area contributed by atoms with Crippen LogP contribution in [0, 0.1) is 30.6 Å². The molecule has 0 aromatic heterocycles. The summed E-state index contributed by atoms with van der Waals surface area (Å²) in [5, 5.41) is 3.23. The number of carbonyl (C=O) groups excluding carboxylic acids is 4. The van der Waals surface area contributed by atoms with E-state index in [0.717, 1.165) is 11.1 Å². The number of benzene rings is 2. The van der Waals surface area contributed by atoms with E-state index in [1.54, 1.807) is 50.1 Å². The molecule has 0 unspecified atom stereocenters. The van der Waals surface area contributed by atoms with E-state index >= 15 is 0 Å². The number of ether oxygens (including phenoxy) is 2. The summed E-state index contributed by atoms with van der Waals surface area (Å²) in [5.41, 5.74) is 1.38. The molecule has 0 saturated carbocycles. The predicted molar refractivity (Wildman–Crippen MR) is 223 cm³/mol. The van der Waals surface area contributed by atoms with Crippen LogP contribution in [0.25, 0.3) is 0 Å². The number of hydrogen-bond donors (Lipinski definition) is 2. The van der Waals surface area contributed by atoms with Crippen molar-refractivity contribution in [3.05, 3.63) is 65.7 Å². The monoisotopic (exact) mass is 812 g/mol. The van der Waals surface area contributed by atoms with Crippen LogP contribution in [0.2, 0.25) is 0 Å². The molecular formula is C44H68N4O8S. The van der Waals surface area contributed by atoms with E-state index in [2.05, 4.69) is 10.0 Å². The maximum absolute atomic E-state index is 14.5. The zero-order valence-corrected chi connectivity index (χ0v) is 37.0. The molecule has 0 spiro atoms. The maximum atomic E-state index is 14.5. The number of Topliss-reactive ketones (excluding diaryl/α,β-unsaturated/α-hetero) is 1. The van der Waals surface area contributed by atoms with Crippen LogP contribution in [0.4, 0.5) is 0 Å². The molecule has 1 fully saturated rings. The number of rotatable bonds is 21. The average Bonchev–Trinajstić information content (AvgIpc) is 3.66. The van der Waals surface area contributed by atoms with Crippen LogP contribution in [0.15, 0.2) is 59.5 Å². The Labute approximate surface area is 341 Å². The zero-order valence-electron chi connectivity index (χ0n) is 36.2. The van der Waals surface area contributed by atoms with E-state index in [0.29, 0.717) is 25.8 Å². The summed E-state index contributed by atoms with van der Waals surface area (Å²) < 4.78 is 40.1. The topological polar surface area (TPSA) is 151 Å². The van der Waals surface area contributed by atoms with Gasteiger partial charge in [-0.3, -0.25) is 19.2 Å². The Morgan fingerprint density at radius 2 is 1.56 bits per heavy atom. The molecule has 3 rings (SSSR count). The molecule has 57 heavy (non-hydrogen) atoms. The lowest BCUT2D eigenvalue weighted by Gasteiger charge is -2.41. The largest absolute Gasteiger partial charge is 0.379 e. The normalized spacial score (nSPS) is 18.6. The Balaban J connectivity index is 1.81. The molecule has 0 radical (unpaired) electrons. The van der Waals surface area contributed by atoms with Crippen molar-refractivity contribution in [3.8, 4) is 0 Å². The van der Waals surface area contributed by atoms with Crippen LogP contribution in [0.5, 0.6) is 0 Å². The number of nitrogens with zero attached hydrogens (tertiary/aromatic N) is 2. The molecule has 2 aromatic carbocycles. The molecule has 3 amide bonds. The number of sulfonamides is 1. The Morgan fingerprint density at radius 1 is 0.947 bits per heavy atom. The van der Waals surface area contributed by atoms with Gasteiger partial charge in [-0.2, -0.15) is 0 Å². The standard InChI is InChI=1S/C44H68N4O8S/c1-13-30(5)39(47(10)43(52)34(28(2)3)26-36(49)41(45-9)44(7,8)32-18-15-14-16-19-32)37(55-11)27-38(50)48-25-17-20-35(48)40(56-12)31(6)42(51)46-57(53,54)33-23-21-29(4)22-24-33/h14-16,18-19,21-24,28,30-31,34-35,37,39-41,45H,13,17,20,25-27H2,1-12H3,(H,46,51)/t30-,31+,34-,35-,37+,39-,40+,41+/m0/s1. The summed E-state index contributed by atoms with van der Waals surface area (Å²) in [6, 6.07) is 14.6. The van der Waals surface area contributed by atoms with E-state index in [1.807, 2.05) is 78.8 Å². The third-order valence-corrected chi connectivity index (χ3v) is 13.6. The Hall–Kier alpha value is -3.65. The number of likely N-dealkylation sites (N-methyl/N-ethyl adjacent to an activating group) is 2. The number of nitrogens with one attached hydrogen (secondary N) is 2. The first-order valence-corrected chi connectivity index (χ1v) is 21.8. The third-order valence-electron chi connectivity index (χ3n) is 12.2. The van der Waals surface area contributed by atoms with Crippen LogP contribution in [0.1, 0.15) is 91.7 Å². The quantitative estimate of drug-likeness (QED) is 0.166. The molecule has 2 aromatic rings. The highest BCUT2D eigenvalue weighted by atomic mass is 32.2. The van der Waals surface area contributed by atoms with E-state index in [9.17, 15) is 27.6 Å². The SMILES string of the molecule is CC[C@H](C)[C@@H]([C@@H](CC(=O)N1CCC[C@H]1[C@H](OC)[C@@H](C)C(=O)NS(=O)(=O)c1ccc(C)cc1)OC)N(C)C(=O)[C@@H](CC(=O)[C@@H](NC)C(C)(C)c1ccccc1)C(C)C. The third kappa shape index (κ3) is 11.5. The van der Waals surface area contributed by atoms with Crippen LogP contribution >= 0.6 is 0 Å². The Bertz CT molecular complexity index is 1750. The molecule has 0 aliphatic carbocycles. The smallest absolute Gasteiger partial charge is 0.264 e. The highest BCUT2D eigenvalue weighted by Gasteiger charge is 2.44. The van der Waals surface area contributed by atoms with Crippen molar-refractivity contribution in [3.63, 3.8) is 0 Å². The molecule has 13 heteroatoms. The molecule has 318 valence electrons. The summed E-state index contributed by atoms with van der Waals surface area (Å²) in [6.45, 7) is 15.9. The van der Waals surface area contributed by atoms with Gasteiger partial charge in [0, 0.05) is 45.6 Å². The number of ketones is 1. The first kappa shape index (κ1) is 47.7. The van der Waals surface area contributed by atoms with Crippen molar-refractivity contribution < 1.29 is 37.1 Å². The zero-order chi connectivity index (χ0) is 42.8. The molecule has 1 saturated heterocycles. The number of methoxy groups -OCH3 is 2. The van der Waals surface area contributed by atoms with E-state index < -0.39 is 63.5 Å². The van der Waals surface area contributed by atoms with Gasteiger partial charge >= 0.3 is 0 Å². The van der Waals surface area contributed by atoms with Gasteiger partial charge in [0.1, 0.15) is 0 Å². The Morgan fingerprint density at radius 3 is 2.09 bits per heavy atom. The maximum Gasteiger partial charge on any atom is 0.264 e. The lowest BCUT2D eigenvalue weighted by Crippen LogP contribution is -2.55. The molecule has 0 bridgehead atoms. The van der Waals surface area contributed by atoms with Gasteiger partial charge in [0.2, 0.25) is 17.7 Å². The summed E-state index contributed by atoms with van der Waals surface area (Å²) in [4.78, 5) is 59.5. The van der Waals surface area contributed by atoms with Gasteiger partial charge in [-0.05, 0) is 56.3 Å². The van der Waals surface area contributed by atoms with Crippen LogP contribution < -0.4 is 10.0 Å². The van der Waals surface area contributed by atoms with E-state index in [4.69, 9.17) is 9.47 Å². The molecule has 1 aliphatic heterocycles. The number of amides is 3. The van der Waals surface area contributed by atoms with Gasteiger partial charge in [0.25, 0.3) is 10.0 Å². The first-order valence-electron chi connectivity index (χ1n) is 20.3. The molecule has 12 nitrogen and oxygen atoms in total. The predicted octanol–water partition coefficient (Wildman–Crippen LogP) is 5.52. The Kier molecular flexibility index (Phi) is 17.5. The lowest BCUT2D eigenvalue weighted by atomic mass is 9.74. The number of carbonyl (C=O) groups is 4. The van der Waals surface area contributed by atoms with Gasteiger partial charge < -0.3 is 24.6 Å². The van der Waals surface area contributed by atoms with Crippen LogP contribution in [0.3, 0.4) is 0 Å². The minimum Gasteiger partial charge on any atom is -0.379 e. The second-order valence-electron chi connectivity index (χ2n) is 16.7. The fourth-order valence-electron chi connectivity index (χ4n) is 8.47. The second kappa shape index (κ2) is 20.9. The average molecular weight is 813 g/mol. The molecule has 8 atom stereocenters. The number of hydrogen-bond acceptors (Lipinski definition) is 9. The number of aryl methyl sites for hydroxylation is 1. The fourth-order valence-corrected chi connectivity index (χ4v) is 9.53. The summed E-state index contributed by atoms with van der Waals surface area (Å²) in [6.07, 6.45) is 0.527. The van der Waals surface area contributed by atoms with Gasteiger partial charge in [0.05, 0.1) is 47.6 Å². The van der Waals surface area contributed by atoms with Crippen molar-refractivity contribution in [1.82, 2.24) is 19.8 Å². The summed E-state index contributed by atoms with van der Waals surface area (Å²) in [5.74, 6) is -2.85. The van der Waals surface area contributed by atoms with Gasteiger partial charge in [0.15, 0.2) is 5.78 Å². The van der Waals surface area contributed by atoms with Gasteiger partial charge in [-0.15, -0.1) is 0 Å². The van der Waals surface area contributed by atoms with Crippen molar-refractivity contribution in [2.75, 3.05) is 34.9 Å². The molecule has 1 heterocycles. The van der Waals surface area contributed by atoms with E-state index in [1.165, 1.54) is 19.2 Å². The second-order valence-corrected chi connectivity index (χ2v) is 18.4. The molecule has 2 N–H and O–H groups in total. The first-order chi connectivity index (χ1) is 26.8. The van der Waals surface area contributed by atoms with Crippen LogP contribution in [-0.4, -0.2) is 107 Å². The summed E-state index contributed by atoms with van der Waals surface area (Å²) in [7, 11) is 2.39. The van der Waals surface area contributed by atoms with Crippen molar-refractivity contribution in [2.45, 2.75) is 128 Å².